The molecule has 3 N–H and O–H groups in total. The molecule has 0 spiro atoms. The molecule has 1 atom stereocenters. The van der Waals surface area contributed by atoms with Gasteiger partial charge in [-0.1, -0.05) is 42.6 Å². The molecule has 0 bridgehead atoms. The standard InChI is InChI=1S/C13H16Cl2N2O3.ClH/c1-2-4-10(13(19)20)16-7-11(18)17-9-6-3-5-8(14)12(9)15;/h3,5-6,10,16H,2,4,7H2,1H3,(H,17,18)(H,19,20);1H. The van der Waals surface area contributed by atoms with Crippen molar-refractivity contribution in [1.29, 1.82) is 0 Å². The molecule has 1 amide bonds. The number of halogens is 3. The average Bonchev–Trinajstić information content (AvgIpc) is 2.39. The van der Waals surface area contributed by atoms with Crippen LogP contribution in [0.5, 0.6) is 0 Å². The molecule has 0 aliphatic rings. The summed E-state index contributed by atoms with van der Waals surface area (Å²) in [7, 11) is 0. The number of benzene rings is 1. The van der Waals surface area contributed by atoms with E-state index < -0.39 is 12.0 Å². The van der Waals surface area contributed by atoms with Crippen LogP contribution in [0.25, 0.3) is 0 Å². The fourth-order valence-electron chi connectivity index (χ4n) is 1.61. The fraction of sp³-hybridized carbons (Fsp3) is 0.385. The maximum atomic E-state index is 11.7. The molecule has 118 valence electrons. The highest BCUT2D eigenvalue weighted by Crippen LogP contribution is 2.29. The summed E-state index contributed by atoms with van der Waals surface area (Å²) in [5, 5.41) is 14.8. The van der Waals surface area contributed by atoms with Crippen molar-refractivity contribution in [2.75, 3.05) is 11.9 Å². The molecule has 1 aromatic rings. The van der Waals surface area contributed by atoms with E-state index in [-0.39, 0.29) is 29.9 Å². The molecule has 0 saturated heterocycles. The van der Waals surface area contributed by atoms with E-state index >= 15 is 0 Å². The van der Waals surface area contributed by atoms with Gasteiger partial charge in [0.05, 0.1) is 22.3 Å². The maximum absolute atomic E-state index is 11.7. The van der Waals surface area contributed by atoms with Gasteiger partial charge in [-0.2, -0.15) is 0 Å². The summed E-state index contributed by atoms with van der Waals surface area (Å²) in [5.41, 5.74) is 0.397. The zero-order valence-corrected chi connectivity index (χ0v) is 13.7. The van der Waals surface area contributed by atoms with Crippen LogP contribution in [0.2, 0.25) is 10.0 Å². The van der Waals surface area contributed by atoms with Crippen molar-refractivity contribution >= 4 is 53.2 Å². The SMILES string of the molecule is CCCC(NCC(=O)Nc1cccc(Cl)c1Cl)C(=O)O.Cl. The number of nitrogens with one attached hydrogen (secondary N) is 2. The van der Waals surface area contributed by atoms with E-state index in [9.17, 15) is 9.59 Å². The van der Waals surface area contributed by atoms with Gasteiger partial charge in [0.25, 0.3) is 0 Å². The van der Waals surface area contributed by atoms with Gasteiger partial charge in [0, 0.05) is 0 Å². The lowest BCUT2D eigenvalue weighted by Gasteiger charge is -2.13. The van der Waals surface area contributed by atoms with Gasteiger partial charge in [0.15, 0.2) is 0 Å². The molecule has 0 fully saturated rings. The molecule has 8 heteroatoms. The van der Waals surface area contributed by atoms with Crippen LogP contribution >= 0.6 is 35.6 Å². The van der Waals surface area contributed by atoms with Crippen LogP contribution in [0.3, 0.4) is 0 Å². The Balaban J connectivity index is 0.00000400. The number of anilines is 1. The summed E-state index contributed by atoms with van der Waals surface area (Å²) in [6.45, 7) is 1.77. The zero-order valence-electron chi connectivity index (χ0n) is 11.4. The third kappa shape index (κ3) is 6.52. The molecule has 0 radical (unpaired) electrons. The molecular weight excluding hydrogens is 339 g/mol. The second-order valence-corrected chi connectivity index (χ2v) is 5.00. The Kier molecular flexibility index (Phi) is 9.37. The molecule has 0 saturated carbocycles. The van der Waals surface area contributed by atoms with E-state index in [1.807, 2.05) is 6.92 Å². The van der Waals surface area contributed by atoms with Crippen molar-refractivity contribution in [3.05, 3.63) is 28.2 Å². The number of hydrogen-bond donors (Lipinski definition) is 3. The van der Waals surface area contributed by atoms with Gasteiger partial charge in [-0.25, -0.2) is 0 Å². The summed E-state index contributed by atoms with van der Waals surface area (Å²) < 4.78 is 0. The van der Waals surface area contributed by atoms with Gasteiger partial charge < -0.3 is 10.4 Å². The molecule has 5 nitrogen and oxygen atoms in total. The van der Waals surface area contributed by atoms with Gasteiger partial charge in [-0.3, -0.25) is 14.9 Å². The third-order valence-electron chi connectivity index (χ3n) is 2.61. The second kappa shape index (κ2) is 9.84. The van der Waals surface area contributed by atoms with E-state index in [1.165, 1.54) is 0 Å². The molecule has 0 aromatic heterocycles. The molecular formula is C13H17Cl3N2O3. The number of carboxylic acid groups (broad SMARTS) is 1. The van der Waals surface area contributed by atoms with Crippen molar-refractivity contribution < 1.29 is 14.7 Å². The number of hydrogen-bond acceptors (Lipinski definition) is 3. The van der Waals surface area contributed by atoms with Gasteiger partial charge in [0.2, 0.25) is 5.91 Å². The minimum absolute atomic E-state index is 0. The lowest BCUT2D eigenvalue weighted by molar-refractivity contribution is -0.139. The smallest absolute Gasteiger partial charge is 0.320 e. The second-order valence-electron chi connectivity index (χ2n) is 4.21. The Morgan fingerprint density at radius 2 is 2.00 bits per heavy atom. The first-order chi connectivity index (χ1) is 9.45. The van der Waals surface area contributed by atoms with Crippen molar-refractivity contribution in [1.82, 2.24) is 5.32 Å². The largest absolute Gasteiger partial charge is 0.480 e. The lowest BCUT2D eigenvalue weighted by Crippen LogP contribution is -2.41. The number of aliphatic carboxylic acids is 1. The van der Waals surface area contributed by atoms with Crippen LogP contribution in [0.4, 0.5) is 5.69 Å². The van der Waals surface area contributed by atoms with Gasteiger partial charge in [-0.05, 0) is 18.6 Å². The van der Waals surface area contributed by atoms with Gasteiger partial charge in [0.1, 0.15) is 6.04 Å². The van der Waals surface area contributed by atoms with Crippen molar-refractivity contribution in [2.45, 2.75) is 25.8 Å². The molecule has 0 heterocycles. The monoisotopic (exact) mass is 354 g/mol. The van der Waals surface area contributed by atoms with E-state index in [0.29, 0.717) is 23.6 Å². The van der Waals surface area contributed by atoms with Crippen LogP contribution in [-0.4, -0.2) is 29.6 Å². The minimum atomic E-state index is -0.972. The lowest BCUT2D eigenvalue weighted by atomic mass is 10.2. The van der Waals surface area contributed by atoms with Crippen LogP contribution in [-0.2, 0) is 9.59 Å². The highest BCUT2D eigenvalue weighted by molar-refractivity contribution is 6.43. The number of carboxylic acids is 1. The molecule has 1 unspecified atom stereocenters. The Hall–Kier alpha value is -1.01. The summed E-state index contributed by atoms with van der Waals surface area (Å²) in [4.78, 5) is 22.7. The number of rotatable bonds is 7. The average molecular weight is 356 g/mol. The quantitative estimate of drug-likeness (QED) is 0.702. The highest BCUT2D eigenvalue weighted by atomic mass is 35.5. The summed E-state index contributed by atoms with van der Waals surface area (Å²) in [6.07, 6.45) is 1.17. The Morgan fingerprint density at radius 1 is 1.33 bits per heavy atom. The first-order valence-electron chi connectivity index (χ1n) is 6.15. The summed E-state index contributed by atoms with van der Waals surface area (Å²) in [5.74, 6) is -1.35. The minimum Gasteiger partial charge on any atom is -0.480 e. The van der Waals surface area contributed by atoms with Crippen LogP contribution in [0.15, 0.2) is 18.2 Å². The summed E-state index contributed by atoms with van der Waals surface area (Å²) in [6, 6.07) is 4.15. The Morgan fingerprint density at radius 3 is 2.57 bits per heavy atom. The van der Waals surface area contributed by atoms with Crippen molar-refractivity contribution in [3.8, 4) is 0 Å². The maximum Gasteiger partial charge on any atom is 0.320 e. The molecule has 0 aliphatic heterocycles. The predicted octanol–water partition coefficient (Wildman–Crippen LogP) is 3.20. The van der Waals surface area contributed by atoms with Crippen LogP contribution < -0.4 is 10.6 Å². The normalized spacial score (nSPS) is 11.4. The van der Waals surface area contributed by atoms with E-state index in [4.69, 9.17) is 28.3 Å². The van der Waals surface area contributed by atoms with Gasteiger partial charge in [-0.15, -0.1) is 12.4 Å². The third-order valence-corrected chi connectivity index (χ3v) is 3.43. The molecule has 1 rings (SSSR count). The highest BCUT2D eigenvalue weighted by Gasteiger charge is 2.17. The predicted molar refractivity (Wildman–Crippen MR) is 86.7 cm³/mol. The van der Waals surface area contributed by atoms with E-state index in [0.717, 1.165) is 0 Å². The van der Waals surface area contributed by atoms with Crippen molar-refractivity contribution in [3.63, 3.8) is 0 Å². The number of amides is 1. The first kappa shape index (κ1) is 20.0. The molecule has 1 aromatic carbocycles. The van der Waals surface area contributed by atoms with E-state index in [1.54, 1.807) is 18.2 Å². The van der Waals surface area contributed by atoms with Gasteiger partial charge >= 0.3 is 5.97 Å². The fourth-order valence-corrected chi connectivity index (χ4v) is 1.96. The van der Waals surface area contributed by atoms with E-state index in [2.05, 4.69) is 10.6 Å². The zero-order chi connectivity index (χ0) is 15.1. The number of carbonyl (C=O) groups is 2. The van der Waals surface area contributed by atoms with Crippen LogP contribution in [0.1, 0.15) is 19.8 Å². The topological polar surface area (TPSA) is 78.4 Å². The number of carbonyl (C=O) groups excluding carboxylic acids is 1. The Labute approximate surface area is 139 Å². The van der Waals surface area contributed by atoms with Crippen LogP contribution in [0, 0.1) is 0 Å². The first-order valence-corrected chi connectivity index (χ1v) is 6.91. The Bertz CT molecular complexity index is 498. The molecule has 0 aliphatic carbocycles. The van der Waals surface area contributed by atoms with Crippen molar-refractivity contribution in [2.24, 2.45) is 0 Å². The molecule has 21 heavy (non-hydrogen) atoms. The summed E-state index contributed by atoms with van der Waals surface area (Å²) >= 11 is 11.8.